The van der Waals surface area contributed by atoms with Gasteiger partial charge in [0, 0.05) is 11.8 Å². The first-order chi connectivity index (χ1) is 7.66. The third-order valence-corrected chi connectivity index (χ3v) is 2.54. The van der Waals surface area contributed by atoms with Crippen LogP contribution in [-0.2, 0) is 0 Å². The Bertz CT molecular complexity index is 523. The Morgan fingerprint density at radius 3 is 2.50 bits per heavy atom. The van der Waals surface area contributed by atoms with Gasteiger partial charge in [-0.2, -0.15) is 0 Å². The van der Waals surface area contributed by atoms with Crippen LogP contribution in [0.5, 0.6) is 0 Å². The summed E-state index contributed by atoms with van der Waals surface area (Å²) in [4.78, 5) is 4.47. The molecular formula is C14H15NO. The number of aryl methyl sites for hydroxylation is 3. The molecule has 2 heteroatoms. The molecule has 2 nitrogen and oxygen atoms in total. The summed E-state index contributed by atoms with van der Waals surface area (Å²) in [6.45, 7) is 5.95. The molecular weight excluding hydrogens is 198 g/mol. The quantitative estimate of drug-likeness (QED) is 0.693. The Balaban J connectivity index is 2.28. The topological polar surface area (TPSA) is 25.5 Å². The minimum absolute atomic E-state index is 0.912. The van der Waals surface area contributed by atoms with Gasteiger partial charge in [0.1, 0.15) is 11.5 Å². The lowest BCUT2D eigenvalue weighted by molar-refractivity contribution is 0.504. The highest BCUT2D eigenvalue weighted by Gasteiger charge is 2.01. The number of hydrogen-bond acceptors (Lipinski definition) is 2. The maximum absolute atomic E-state index is 5.44. The van der Waals surface area contributed by atoms with Gasteiger partial charge in [-0.15, -0.1) is 0 Å². The van der Waals surface area contributed by atoms with Crippen LogP contribution in [0.4, 0.5) is 5.69 Å². The lowest BCUT2D eigenvalue weighted by atomic mass is 10.2. The molecule has 0 aliphatic heterocycles. The van der Waals surface area contributed by atoms with Crippen molar-refractivity contribution in [1.82, 2.24) is 0 Å². The number of aliphatic imine (C=N–C) groups is 1. The molecule has 1 aromatic heterocycles. The number of hydrogen-bond donors (Lipinski definition) is 0. The highest BCUT2D eigenvalue weighted by atomic mass is 16.3. The van der Waals surface area contributed by atoms with Crippen LogP contribution in [0.2, 0.25) is 0 Å². The van der Waals surface area contributed by atoms with E-state index >= 15 is 0 Å². The molecule has 1 heterocycles. The molecule has 0 saturated carbocycles. The van der Waals surface area contributed by atoms with Crippen molar-refractivity contribution in [1.29, 1.82) is 0 Å². The summed E-state index contributed by atoms with van der Waals surface area (Å²) in [5.41, 5.74) is 3.22. The zero-order valence-electron chi connectivity index (χ0n) is 9.82. The second-order valence-electron chi connectivity index (χ2n) is 3.91. The minimum Gasteiger partial charge on any atom is -0.466 e. The summed E-state index contributed by atoms with van der Waals surface area (Å²) in [5, 5.41) is 0. The SMILES string of the molecule is Cc1cc(C=Nc2ccccc2C)c(C)o1. The zero-order valence-corrected chi connectivity index (χ0v) is 9.82. The molecule has 2 aromatic rings. The second kappa shape index (κ2) is 4.35. The van der Waals surface area contributed by atoms with E-state index in [4.69, 9.17) is 4.42 Å². The van der Waals surface area contributed by atoms with Gasteiger partial charge in [0.2, 0.25) is 0 Å². The zero-order chi connectivity index (χ0) is 11.5. The average Bonchev–Trinajstić information content (AvgIpc) is 2.56. The molecule has 0 amide bonds. The van der Waals surface area contributed by atoms with Gasteiger partial charge in [-0.05, 0) is 38.5 Å². The predicted octanol–water partition coefficient (Wildman–Crippen LogP) is 3.96. The van der Waals surface area contributed by atoms with Crippen molar-refractivity contribution in [3.8, 4) is 0 Å². The van der Waals surface area contributed by atoms with Crippen LogP contribution < -0.4 is 0 Å². The van der Waals surface area contributed by atoms with E-state index in [0.29, 0.717) is 0 Å². The number of nitrogens with zero attached hydrogens (tertiary/aromatic N) is 1. The van der Waals surface area contributed by atoms with Gasteiger partial charge in [-0.3, -0.25) is 4.99 Å². The van der Waals surface area contributed by atoms with Crippen molar-refractivity contribution in [2.24, 2.45) is 4.99 Å². The minimum atomic E-state index is 0.912. The number of furan rings is 1. The summed E-state index contributed by atoms with van der Waals surface area (Å²) in [6, 6.07) is 10.1. The van der Waals surface area contributed by atoms with Gasteiger partial charge in [-0.25, -0.2) is 0 Å². The fourth-order valence-corrected chi connectivity index (χ4v) is 1.63. The molecule has 0 bridgehead atoms. The van der Waals surface area contributed by atoms with Crippen LogP contribution in [0, 0.1) is 20.8 Å². The molecule has 16 heavy (non-hydrogen) atoms. The van der Waals surface area contributed by atoms with E-state index in [2.05, 4.69) is 18.0 Å². The molecule has 0 aliphatic carbocycles. The predicted molar refractivity (Wildman–Crippen MR) is 66.6 cm³/mol. The van der Waals surface area contributed by atoms with Crippen molar-refractivity contribution >= 4 is 11.9 Å². The largest absolute Gasteiger partial charge is 0.466 e. The maximum atomic E-state index is 5.44. The summed E-state index contributed by atoms with van der Waals surface area (Å²) in [7, 11) is 0. The Hall–Kier alpha value is -1.83. The van der Waals surface area contributed by atoms with Crippen molar-refractivity contribution in [3.05, 3.63) is 53.0 Å². The van der Waals surface area contributed by atoms with E-state index in [1.165, 1.54) is 5.56 Å². The lowest BCUT2D eigenvalue weighted by Gasteiger charge is -1.97. The van der Waals surface area contributed by atoms with Gasteiger partial charge in [-0.1, -0.05) is 18.2 Å². The molecule has 0 spiro atoms. The summed E-state index contributed by atoms with van der Waals surface area (Å²) < 4.78 is 5.44. The Morgan fingerprint density at radius 1 is 1.12 bits per heavy atom. The molecule has 1 aromatic carbocycles. The van der Waals surface area contributed by atoms with Gasteiger partial charge >= 0.3 is 0 Å². The highest BCUT2D eigenvalue weighted by Crippen LogP contribution is 2.18. The molecule has 0 radical (unpaired) electrons. The monoisotopic (exact) mass is 213 g/mol. The maximum Gasteiger partial charge on any atom is 0.109 e. The van der Waals surface area contributed by atoms with Gasteiger partial charge in [0.25, 0.3) is 0 Å². The Labute approximate surface area is 95.6 Å². The van der Waals surface area contributed by atoms with Gasteiger partial charge < -0.3 is 4.42 Å². The number of rotatable bonds is 2. The Kier molecular flexibility index (Phi) is 2.91. The second-order valence-corrected chi connectivity index (χ2v) is 3.91. The molecule has 0 saturated heterocycles. The van der Waals surface area contributed by atoms with Crippen LogP contribution >= 0.6 is 0 Å². The average molecular weight is 213 g/mol. The van der Waals surface area contributed by atoms with Crippen molar-refractivity contribution in [3.63, 3.8) is 0 Å². The van der Waals surface area contributed by atoms with E-state index in [9.17, 15) is 0 Å². The van der Waals surface area contributed by atoms with E-state index in [-0.39, 0.29) is 0 Å². The molecule has 0 atom stereocenters. The normalized spacial score (nSPS) is 11.2. The first-order valence-electron chi connectivity index (χ1n) is 5.33. The van der Waals surface area contributed by atoms with Crippen LogP contribution in [-0.4, -0.2) is 6.21 Å². The standard InChI is InChI=1S/C14H15NO/c1-10-6-4-5-7-14(10)15-9-13-8-11(2)16-12(13)3/h4-9H,1-3H3. The fraction of sp³-hybridized carbons (Fsp3) is 0.214. The fourth-order valence-electron chi connectivity index (χ4n) is 1.63. The van der Waals surface area contributed by atoms with Crippen LogP contribution in [0.25, 0.3) is 0 Å². The smallest absolute Gasteiger partial charge is 0.109 e. The van der Waals surface area contributed by atoms with Crippen molar-refractivity contribution in [2.45, 2.75) is 20.8 Å². The number of benzene rings is 1. The van der Waals surface area contributed by atoms with E-state index < -0.39 is 0 Å². The summed E-state index contributed by atoms with van der Waals surface area (Å²) in [6.07, 6.45) is 1.86. The van der Waals surface area contributed by atoms with Crippen LogP contribution in [0.15, 0.2) is 39.7 Å². The van der Waals surface area contributed by atoms with E-state index in [1.54, 1.807) is 0 Å². The third-order valence-electron chi connectivity index (χ3n) is 2.54. The number of para-hydroxylation sites is 1. The first kappa shape index (κ1) is 10.7. The first-order valence-corrected chi connectivity index (χ1v) is 5.33. The molecule has 0 N–H and O–H groups in total. The van der Waals surface area contributed by atoms with Gasteiger partial charge in [0.05, 0.1) is 5.69 Å². The Morgan fingerprint density at radius 2 is 1.88 bits per heavy atom. The molecule has 0 fully saturated rings. The summed E-state index contributed by atoms with van der Waals surface area (Å²) in [5.74, 6) is 1.83. The van der Waals surface area contributed by atoms with Crippen LogP contribution in [0.1, 0.15) is 22.6 Å². The summed E-state index contributed by atoms with van der Waals surface area (Å²) >= 11 is 0. The molecule has 82 valence electrons. The van der Waals surface area contributed by atoms with Crippen molar-refractivity contribution < 1.29 is 4.42 Å². The van der Waals surface area contributed by atoms with Gasteiger partial charge in [0.15, 0.2) is 0 Å². The molecule has 0 aliphatic rings. The van der Waals surface area contributed by atoms with Crippen LogP contribution in [0.3, 0.4) is 0 Å². The van der Waals surface area contributed by atoms with E-state index in [0.717, 1.165) is 22.8 Å². The van der Waals surface area contributed by atoms with Crippen molar-refractivity contribution in [2.75, 3.05) is 0 Å². The van der Waals surface area contributed by atoms with E-state index in [1.807, 2.05) is 44.3 Å². The molecule has 0 unspecified atom stereocenters. The highest BCUT2D eigenvalue weighted by molar-refractivity contribution is 5.83. The lowest BCUT2D eigenvalue weighted by Crippen LogP contribution is -1.80. The third kappa shape index (κ3) is 2.22. The molecule has 2 rings (SSSR count).